The molecule has 1 aliphatic heterocycles. The molecule has 0 amide bonds. The molecule has 0 radical (unpaired) electrons. The summed E-state index contributed by atoms with van der Waals surface area (Å²) in [6.07, 6.45) is 14.2. The molecule has 1 heterocycles. The van der Waals surface area contributed by atoms with Gasteiger partial charge < -0.3 is 9.47 Å². The molecule has 2 nitrogen and oxygen atoms in total. The van der Waals surface area contributed by atoms with Crippen molar-refractivity contribution >= 4 is 0 Å². The smallest absolute Gasteiger partial charge is 0.0838 e. The van der Waals surface area contributed by atoms with Gasteiger partial charge in [0.25, 0.3) is 0 Å². The molecule has 2 unspecified atom stereocenters. The molecule has 2 heteroatoms. The van der Waals surface area contributed by atoms with Gasteiger partial charge in [-0.3, -0.25) is 0 Å². The van der Waals surface area contributed by atoms with E-state index in [1.165, 1.54) is 64.2 Å². The first-order valence-electron chi connectivity index (χ1n) is 9.06. The molecule has 2 rings (SSSR count). The maximum absolute atomic E-state index is 6.12. The van der Waals surface area contributed by atoms with Crippen molar-refractivity contribution in [2.24, 2.45) is 11.8 Å². The molecule has 2 fully saturated rings. The summed E-state index contributed by atoms with van der Waals surface area (Å²) in [5.74, 6) is 1.76. The average Bonchev–Trinajstić information content (AvgIpc) is 2.52. The van der Waals surface area contributed by atoms with Crippen molar-refractivity contribution in [1.82, 2.24) is 0 Å². The fourth-order valence-electron chi connectivity index (χ4n) is 3.77. The Morgan fingerprint density at radius 3 is 2.10 bits per heavy atom. The van der Waals surface area contributed by atoms with E-state index < -0.39 is 0 Å². The van der Waals surface area contributed by atoms with E-state index in [1.54, 1.807) is 0 Å². The van der Waals surface area contributed by atoms with Gasteiger partial charge in [-0.25, -0.2) is 0 Å². The highest BCUT2D eigenvalue weighted by atomic mass is 16.6. The first-order valence-corrected chi connectivity index (χ1v) is 9.06. The summed E-state index contributed by atoms with van der Waals surface area (Å²) < 4.78 is 12.1. The van der Waals surface area contributed by atoms with Gasteiger partial charge in [-0.05, 0) is 31.1 Å². The van der Waals surface area contributed by atoms with E-state index >= 15 is 0 Å². The van der Waals surface area contributed by atoms with Crippen LogP contribution in [0.2, 0.25) is 0 Å². The van der Waals surface area contributed by atoms with Gasteiger partial charge in [0.15, 0.2) is 0 Å². The summed E-state index contributed by atoms with van der Waals surface area (Å²) in [7, 11) is 0. The highest BCUT2D eigenvalue weighted by molar-refractivity contribution is 4.80. The van der Waals surface area contributed by atoms with E-state index in [-0.39, 0.29) is 0 Å². The van der Waals surface area contributed by atoms with Crippen LogP contribution in [0.25, 0.3) is 0 Å². The Kier molecular flexibility index (Phi) is 7.37. The zero-order chi connectivity index (χ0) is 14.2. The number of ether oxygens (including phenoxy) is 2. The van der Waals surface area contributed by atoms with Crippen molar-refractivity contribution in [3.63, 3.8) is 0 Å². The summed E-state index contributed by atoms with van der Waals surface area (Å²) in [6.45, 7) is 6.22. The van der Waals surface area contributed by atoms with Crippen molar-refractivity contribution < 1.29 is 9.47 Å². The fourth-order valence-corrected chi connectivity index (χ4v) is 3.77. The van der Waals surface area contributed by atoms with E-state index in [0.717, 1.165) is 25.0 Å². The molecular formula is C18H34O2. The number of rotatable bonds is 7. The third-order valence-electron chi connectivity index (χ3n) is 5.26. The van der Waals surface area contributed by atoms with Crippen molar-refractivity contribution in [1.29, 1.82) is 0 Å². The van der Waals surface area contributed by atoms with E-state index in [0.29, 0.717) is 12.2 Å². The Morgan fingerprint density at radius 2 is 1.50 bits per heavy atom. The van der Waals surface area contributed by atoms with E-state index in [9.17, 15) is 0 Å². The van der Waals surface area contributed by atoms with Crippen molar-refractivity contribution in [3.8, 4) is 0 Å². The van der Waals surface area contributed by atoms with Crippen LogP contribution in [0.5, 0.6) is 0 Å². The van der Waals surface area contributed by atoms with Gasteiger partial charge in [-0.2, -0.15) is 0 Å². The van der Waals surface area contributed by atoms with Crippen molar-refractivity contribution in [2.45, 2.75) is 90.3 Å². The zero-order valence-electron chi connectivity index (χ0n) is 13.6. The Hall–Kier alpha value is -0.0800. The lowest BCUT2D eigenvalue weighted by atomic mass is 9.77. The van der Waals surface area contributed by atoms with Gasteiger partial charge in [0, 0.05) is 0 Å². The van der Waals surface area contributed by atoms with Gasteiger partial charge in [-0.1, -0.05) is 58.8 Å². The van der Waals surface area contributed by atoms with Gasteiger partial charge in [-0.15, -0.1) is 0 Å². The molecule has 2 atom stereocenters. The molecule has 1 aliphatic carbocycles. The van der Waals surface area contributed by atoms with Crippen molar-refractivity contribution in [3.05, 3.63) is 0 Å². The topological polar surface area (TPSA) is 18.5 Å². The second kappa shape index (κ2) is 9.04. The molecular weight excluding hydrogens is 248 g/mol. The van der Waals surface area contributed by atoms with Crippen LogP contribution in [0.4, 0.5) is 0 Å². The first-order chi connectivity index (χ1) is 9.83. The van der Waals surface area contributed by atoms with Crippen LogP contribution >= 0.6 is 0 Å². The van der Waals surface area contributed by atoms with Crippen LogP contribution in [0.3, 0.4) is 0 Å². The zero-order valence-corrected chi connectivity index (χ0v) is 13.6. The highest BCUT2D eigenvalue weighted by Gasteiger charge is 2.31. The lowest BCUT2D eigenvalue weighted by Crippen LogP contribution is -2.41. The minimum Gasteiger partial charge on any atom is -0.373 e. The lowest BCUT2D eigenvalue weighted by Gasteiger charge is -2.38. The van der Waals surface area contributed by atoms with E-state index in [1.807, 2.05) is 0 Å². The standard InChI is InChI=1S/C18H34O2/c1-3-5-7-15-9-11-16(12-10-15)18-14-19-17(13-20-18)8-6-4-2/h15-18H,3-14H2,1-2H3. The predicted octanol–water partition coefficient (Wildman–Crippen LogP) is 4.96. The molecule has 0 aromatic carbocycles. The maximum Gasteiger partial charge on any atom is 0.0838 e. The van der Waals surface area contributed by atoms with Crippen LogP contribution in [0.1, 0.15) is 78.1 Å². The number of unbranched alkanes of at least 4 members (excludes halogenated alkanes) is 2. The number of hydrogen-bond acceptors (Lipinski definition) is 2. The van der Waals surface area contributed by atoms with Crippen LogP contribution in [0.15, 0.2) is 0 Å². The van der Waals surface area contributed by atoms with Gasteiger partial charge in [0.1, 0.15) is 0 Å². The van der Waals surface area contributed by atoms with Crippen LogP contribution in [-0.4, -0.2) is 25.4 Å². The summed E-state index contributed by atoms with van der Waals surface area (Å²) in [5.41, 5.74) is 0. The second-order valence-electron chi connectivity index (χ2n) is 6.89. The Labute approximate surface area is 125 Å². The maximum atomic E-state index is 6.12. The average molecular weight is 282 g/mol. The molecule has 20 heavy (non-hydrogen) atoms. The van der Waals surface area contributed by atoms with Gasteiger partial charge >= 0.3 is 0 Å². The molecule has 118 valence electrons. The normalized spacial score (nSPS) is 35.1. The van der Waals surface area contributed by atoms with Crippen LogP contribution in [0, 0.1) is 11.8 Å². The molecule has 0 aromatic rings. The summed E-state index contributed by atoms with van der Waals surface area (Å²) in [4.78, 5) is 0. The third kappa shape index (κ3) is 5.04. The van der Waals surface area contributed by atoms with E-state index in [2.05, 4.69) is 13.8 Å². The molecule has 1 saturated carbocycles. The van der Waals surface area contributed by atoms with Gasteiger partial charge in [0.05, 0.1) is 25.4 Å². The molecule has 0 bridgehead atoms. The minimum atomic E-state index is 0.368. The fraction of sp³-hybridized carbons (Fsp3) is 1.00. The molecule has 0 spiro atoms. The molecule has 0 N–H and O–H groups in total. The SMILES string of the molecule is CCCCC1CCC(C2COC(CCCC)CO2)CC1. The molecule has 2 aliphatic rings. The summed E-state index contributed by atoms with van der Waals surface area (Å²) >= 11 is 0. The Balaban J connectivity index is 1.63. The first kappa shape index (κ1) is 16.3. The number of hydrogen-bond donors (Lipinski definition) is 0. The van der Waals surface area contributed by atoms with Crippen LogP contribution in [-0.2, 0) is 9.47 Å². The molecule has 0 aromatic heterocycles. The van der Waals surface area contributed by atoms with Crippen LogP contribution < -0.4 is 0 Å². The van der Waals surface area contributed by atoms with Gasteiger partial charge in [0.2, 0.25) is 0 Å². The summed E-state index contributed by atoms with van der Waals surface area (Å²) in [6, 6.07) is 0. The van der Waals surface area contributed by atoms with Crippen molar-refractivity contribution in [2.75, 3.05) is 13.2 Å². The quantitative estimate of drug-likeness (QED) is 0.657. The minimum absolute atomic E-state index is 0.368. The largest absolute Gasteiger partial charge is 0.373 e. The summed E-state index contributed by atoms with van der Waals surface area (Å²) in [5, 5.41) is 0. The monoisotopic (exact) mass is 282 g/mol. The Bertz CT molecular complexity index is 212. The Morgan fingerprint density at radius 1 is 0.800 bits per heavy atom. The second-order valence-corrected chi connectivity index (χ2v) is 6.89. The molecule has 1 saturated heterocycles. The third-order valence-corrected chi connectivity index (χ3v) is 5.26. The predicted molar refractivity (Wildman–Crippen MR) is 84.0 cm³/mol. The lowest BCUT2D eigenvalue weighted by molar-refractivity contribution is -0.157. The highest BCUT2D eigenvalue weighted by Crippen LogP contribution is 2.35. The van der Waals surface area contributed by atoms with E-state index in [4.69, 9.17) is 9.47 Å².